The minimum Gasteiger partial charge on any atom is -0.365 e. The van der Waals surface area contributed by atoms with Crippen LogP contribution in [0.2, 0.25) is 5.02 Å². The number of H-pyrrole nitrogens is 1. The van der Waals surface area contributed by atoms with Gasteiger partial charge in [0.2, 0.25) is 0 Å². The molecular weight excluding hydrogens is 236 g/mol. The molecule has 0 aliphatic heterocycles. The third kappa shape index (κ3) is 2.68. The Labute approximate surface area is 105 Å². The van der Waals surface area contributed by atoms with E-state index in [9.17, 15) is 4.79 Å². The molecule has 0 fully saturated rings. The monoisotopic (exact) mass is 248 g/mol. The molecule has 0 bridgehead atoms. The fourth-order valence-corrected chi connectivity index (χ4v) is 1.81. The number of amides is 1. The van der Waals surface area contributed by atoms with Crippen molar-refractivity contribution in [2.75, 3.05) is 0 Å². The van der Waals surface area contributed by atoms with Gasteiger partial charge in [0.1, 0.15) is 0 Å². The van der Waals surface area contributed by atoms with E-state index in [0.717, 1.165) is 11.3 Å². The summed E-state index contributed by atoms with van der Waals surface area (Å²) >= 11 is 6.01. The number of rotatable bonds is 3. The van der Waals surface area contributed by atoms with Crippen molar-refractivity contribution in [2.45, 2.75) is 13.5 Å². The predicted molar refractivity (Wildman–Crippen MR) is 68.2 cm³/mol. The smallest absolute Gasteiger partial charge is 0.253 e. The Kier molecular flexibility index (Phi) is 3.49. The number of nitrogens with one attached hydrogen (secondary N) is 2. The van der Waals surface area contributed by atoms with E-state index in [1.165, 1.54) is 0 Å². The van der Waals surface area contributed by atoms with E-state index >= 15 is 0 Å². The van der Waals surface area contributed by atoms with Crippen LogP contribution < -0.4 is 5.32 Å². The predicted octanol–water partition coefficient (Wildman–Crippen LogP) is 2.91. The molecule has 2 N–H and O–H groups in total. The number of hydrogen-bond acceptors (Lipinski definition) is 1. The minimum atomic E-state index is -0.0938. The summed E-state index contributed by atoms with van der Waals surface area (Å²) in [5.41, 5.74) is 2.44. The van der Waals surface area contributed by atoms with Crippen LogP contribution >= 0.6 is 11.6 Å². The summed E-state index contributed by atoms with van der Waals surface area (Å²) < 4.78 is 0. The Bertz CT molecular complexity index is 534. The summed E-state index contributed by atoms with van der Waals surface area (Å²) in [4.78, 5) is 14.8. The quantitative estimate of drug-likeness (QED) is 0.862. The van der Waals surface area contributed by atoms with Crippen molar-refractivity contribution in [1.82, 2.24) is 10.3 Å². The van der Waals surface area contributed by atoms with Gasteiger partial charge < -0.3 is 10.3 Å². The molecule has 0 unspecified atom stereocenters. The molecule has 0 aliphatic carbocycles. The average Bonchev–Trinajstić information content (AvgIpc) is 2.74. The van der Waals surface area contributed by atoms with Gasteiger partial charge >= 0.3 is 0 Å². The molecule has 1 aromatic heterocycles. The molecule has 1 amide bonds. The molecule has 0 saturated heterocycles. The normalized spacial score (nSPS) is 10.2. The SMILES string of the molecule is Cc1[nH]ccc1C(=O)NCc1ccccc1Cl. The Hall–Kier alpha value is -1.74. The van der Waals surface area contributed by atoms with Gasteiger partial charge in [-0.3, -0.25) is 4.79 Å². The summed E-state index contributed by atoms with van der Waals surface area (Å²) in [6, 6.07) is 9.23. The number of carbonyl (C=O) groups is 1. The third-order valence-corrected chi connectivity index (χ3v) is 2.96. The van der Waals surface area contributed by atoms with Gasteiger partial charge in [0.05, 0.1) is 5.56 Å². The van der Waals surface area contributed by atoms with E-state index in [2.05, 4.69) is 10.3 Å². The summed E-state index contributed by atoms with van der Waals surface area (Å²) in [7, 11) is 0. The molecule has 1 aromatic carbocycles. The molecule has 0 aliphatic rings. The number of carbonyl (C=O) groups excluding carboxylic acids is 1. The first kappa shape index (κ1) is 11.7. The lowest BCUT2D eigenvalue weighted by molar-refractivity contribution is 0.0950. The van der Waals surface area contributed by atoms with Crippen LogP contribution in [0.5, 0.6) is 0 Å². The van der Waals surface area contributed by atoms with E-state index in [4.69, 9.17) is 11.6 Å². The second kappa shape index (κ2) is 5.06. The topological polar surface area (TPSA) is 44.9 Å². The first-order chi connectivity index (χ1) is 8.18. The molecule has 2 rings (SSSR count). The van der Waals surface area contributed by atoms with E-state index in [1.807, 2.05) is 31.2 Å². The standard InChI is InChI=1S/C13H13ClN2O/c1-9-11(6-7-15-9)13(17)16-8-10-4-2-3-5-12(10)14/h2-7,15H,8H2,1H3,(H,16,17). The Balaban J connectivity index is 2.02. The van der Waals surface area contributed by atoms with Crippen molar-refractivity contribution in [3.63, 3.8) is 0 Å². The van der Waals surface area contributed by atoms with Crippen LogP contribution in [-0.2, 0) is 6.54 Å². The molecule has 1 heterocycles. The van der Waals surface area contributed by atoms with Crippen LogP contribution in [0, 0.1) is 6.92 Å². The molecular formula is C13H13ClN2O. The summed E-state index contributed by atoms with van der Waals surface area (Å²) in [5, 5.41) is 3.50. The van der Waals surface area contributed by atoms with Crippen LogP contribution in [0.4, 0.5) is 0 Å². The summed E-state index contributed by atoms with van der Waals surface area (Å²) in [6.07, 6.45) is 1.75. The largest absolute Gasteiger partial charge is 0.365 e. The molecule has 0 atom stereocenters. The first-order valence-electron chi connectivity index (χ1n) is 5.34. The number of aromatic nitrogens is 1. The van der Waals surface area contributed by atoms with Crippen molar-refractivity contribution in [3.8, 4) is 0 Å². The van der Waals surface area contributed by atoms with Crippen molar-refractivity contribution in [1.29, 1.82) is 0 Å². The zero-order valence-corrected chi connectivity index (χ0v) is 10.2. The molecule has 88 valence electrons. The highest BCUT2D eigenvalue weighted by molar-refractivity contribution is 6.31. The molecule has 2 aromatic rings. The Morgan fingerprint density at radius 2 is 2.12 bits per heavy atom. The van der Waals surface area contributed by atoms with Crippen LogP contribution in [0.1, 0.15) is 21.6 Å². The second-order valence-electron chi connectivity index (χ2n) is 3.79. The van der Waals surface area contributed by atoms with Gasteiger partial charge in [-0.05, 0) is 24.6 Å². The van der Waals surface area contributed by atoms with Gasteiger partial charge in [-0.2, -0.15) is 0 Å². The highest BCUT2D eigenvalue weighted by Crippen LogP contribution is 2.14. The van der Waals surface area contributed by atoms with Crippen LogP contribution in [0.3, 0.4) is 0 Å². The van der Waals surface area contributed by atoms with E-state index in [1.54, 1.807) is 12.3 Å². The average molecular weight is 249 g/mol. The number of aryl methyl sites for hydroxylation is 1. The van der Waals surface area contributed by atoms with Crippen LogP contribution in [-0.4, -0.2) is 10.9 Å². The van der Waals surface area contributed by atoms with Crippen LogP contribution in [0.25, 0.3) is 0 Å². The van der Waals surface area contributed by atoms with Gasteiger partial charge in [-0.15, -0.1) is 0 Å². The third-order valence-electron chi connectivity index (χ3n) is 2.60. The molecule has 3 nitrogen and oxygen atoms in total. The maximum atomic E-state index is 11.8. The van der Waals surface area contributed by atoms with Gasteiger partial charge in [0, 0.05) is 23.5 Å². The maximum absolute atomic E-state index is 11.8. The second-order valence-corrected chi connectivity index (χ2v) is 4.20. The van der Waals surface area contributed by atoms with Gasteiger partial charge in [-0.25, -0.2) is 0 Å². The van der Waals surface area contributed by atoms with Gasteiger partial charge in [0.15, 0.2) is 0 Å². The van der Waals surface area contributed by atoms with Crippen molar-refractivity contribution in [3.05, 3.63) is 58.4 Å². The first-order valence-corrected chi connectivity index (χ1v) is 5.72. The fraction of sp³-hybridized carbons (Fsp3) is 0.154. The zero-order valence-electron chi connectivity index (χ0n) is 9.46. The molecule has 0 radical (unpaired) electrons. The fourth-order valence-electron chi connectivity index (χ4n) is 1.61. The summed E-state index contributed by atoms with van der Waals surface area (Å²) in [6.45, 7) is 2.30. The maximum Gasteiger partial charge on any atom is 0.253 e. The Morgan fingerprint density at radius 1 is 1.35 bits per heavy atom. The highest BCUT2D eigenvalue weighted by Gasteiger charge is 2.09. The minimum absolute atomic E-state index is 0.0938. The van der Waals surface area contributed by atoms with E-state index < -0.39 is 0 Å². The van der Waals surface area contributed by atoms with Gasteiger partial charge in [0.25, 0.3) is 5.91 Å². The number of aromatic amines is 1. The zero-order chi connectivity index (χ0) is 12.3. The van der Waals surface area contributed by atoms with Crippen molar-refractivity contribution < 1.29 is 4.79 Å². The molecule has 0 saturated carbocycles. The lowest BCUT2D eigenvalue weighted by Crippen LogP contribution is -2.23. The number of halogens is 1. The van der Waals surface area contributed by atoms with E-state index in [0.29, 0.717) is 17.1 Å². The highest BCUT2D eigenvalue weighted by atomic mass is 35.5. The lowest BCUT2D eigenvalue weighted by Gasteiger charge is -2.06. The molecule has 4 heteroatoms. The molecule has 0 spiro atoms. The van der Waals surface area contributed by atoms with Crippen molar-refractivity contribution >= 4 is 17.5 Å². The number of hydrogen-bond donors (Lipinski definition) is 2. The van der Waals surface area contributed by atoms with Crippen LogP contribution in [0.15, 0.2) is 36.5 Å². The Morgan fingerprint density at radius 3 is 2.76 bits per heavy atom. The number of benzene rings is 1. The molecule has 17 heavy (non-hydrogen) atoms. The van der Waals surface area contributed by atoms with Crippen molar-refractivity contribution in [2.24, 2.45) is 0 Å². The summed E-state index contributed by atoms with van der Waals surface area (Å²) in [5.74, 6) is -0.0938. The van der Waals surface area contributed by atoms with E-state index in [-0.39, 0.29) is 5.91 Å². The van der Waals surface area contributed by atoms with Gasteiger partial charge in [-0.1, -0.05) is 29.8 Å². The lowest BCUT2D eigenvalue weighted by atomic mass is 10.2.